The summed E-state index contributed by atoms with van der Waals surface area (Å²) in [7, 11) is 0. The lowest BCUT2D eigenvalue weighted by atomic mass is 9.90. The Morgan fingerprint density at radius 1 is 1.00 bits per heavy atom. The number of hydrogen-bond acceptors (Lipinski definition) is 4. The van der Waals surface area contributed by atoms with Gasteiger partial charge in [-0.1, -0.05) is 18.2 Å². The molecule has 0 aromatic heterocycles. The second kappa shape index (κ2) is 8.16. The zero-order valence-electron chi connectivity index (χ0n) is 15.6. The minimum atomic E-state index is -0.978. The Balaban J connectivity index is 1.66. The van der Waals surface area contributed by atoms with Crippen LogP contribution in [0.15, 0.2) is 42.5 Å². The molecule has 140 valence electrons. The SMILES string of the molecule is CC(=O)c1ccccc1NC(=O)C(C)OC(=O)c1ccc2c(c1)CCCC2. The highest BCUT2D eigenvalue weighted by Gasteiger charge is 2.21. The molecular weight excluding hydrogens is 342 g/mol. The van der Waals surface area contributed by atoms with Crippen molar-refractivity contribution < 1.29 is 19.1 Å². The van der Waals surface area contributed by atoms with Crippen molar-refractivity contribution in [1.82, 2.24) is 0 Å². The van der Waals surface area contributed by atoms with Gasteiger partial charge in [0.1, 0.15) is 0 Å². The first kappa shape index (κ1) is 18.8. The van der Waals surface area contributed by atoms with Crippen LogP contribution in [-0.4, -0.2) is 23.8 Å². The number of benzene rings is 2. The molecule has 0 aliphatic heterocycles. The zero-order chi connectivity index (χ0) is 19.4. The molecule has 0 fully saturated rings. The van der Waals surface area contributed by atoms with Crippen LogP contribution in [0.4, 0.5) is 5.69 Å². The van der Waals surface area contributed by atoms with E-state index in [1.54, 1.807) is 30.3 Å². The smallest absolute Gasteiger partial charge is 0.338 e. The molecule has 2 aromatic rings. The first-order valence-corrected chi connectivity index (χ1v) is 9.19. The van der Waals surface area contributed by atoms with Crippen LogP contribution >= 0.6 is 0 Å². The lowest BCUT2D eigenvalue weighted by Gasteiger charge is -2.18. The highest BCUT2D eigenvalue weighted by molar-refractivity contribution is 6.05. The van der Waals surface area contributed by atoms with E-state index in [2.05, 4.69) is 5.32 Å². The summed E-state index contributed by atoms with van der Waals surface area (Å²) in [6.45, 7) is 2.95. The number of ketones is 1. The van der Waals surface area contributed by atoms with Gasteiger partial charge in [-0.15, -0.1) is 0 Å². The number of anilines is 1. The fourth-order valence-electron chi connectivity index (χ4n) is 3.28. The summed E-state index contributed by atoms with van der Waals surface area (Å²) in [5.41, 5.74) is 3.75. The van der Waals surface area contributed by atoms with Crippen LogP contribution in [0.1, 0.15) is 58.5 Å². The van der Waals surface area contributed by atoms with Crippen molar-refractivity contribution in [3.8, 4) is 0 Å². The number of para-hydroxylation sites is 1. The lowest BCUT2D eigenvalue weighted by Crippen LogP contribution is -2.30. The zero-order valence-corrected chi connectivity index (χ0v) is 15.6. The van der Waals surface area contributed by atoms with Gasteiger partial charge in [-0.25, -0.2) is 4.79 Å². The van der Waals surface area contributed by atoms with Gasteiger partial charge in [0.25, 0.3) is 5.91 Å². The van der Waals surface area contributed by atoms with Gasteiger partial charge < -0.3 is 10.1 Å². The normalized spacial score (nSPS) is 14.0. The second-order valence-corrected chi connectivity index (χ2v) is 6.83. The van der Waals surface area contributed by atoms with Gasteiger partial charge in [-0.2, -0.15) is 0 Å². The van der Waals surface area contributed by atoms with Crippen molar-refractivity contribution in [2.75, 3.05) is 5.32 Å². The molecular formula is C22H23NO4. The number of nitrogens with one attached hydrogen (secondary N) is 1. The predicted molar refractivity (Wildman–Crippen MR) is 103 cm³/mol. The predicted octanol–water partition coefficient (Wildman–Crippen LogP) is 3.95. The van der Waals surface area contributed by atoms with Crippen LogP contribution in [0, 0.1) is 0 Å². The maximum Gasteiger partial charge on any atom is 0.338 e. The molecule has 0 radical (unpaired) electrons. The largest absolute Gasteiger partial charge is 0.449 e. The third-order valence-electron chi connectivity index (χ3n) is 4.80. The highest BCUT2D eigenvalue weighted by Crippen LogP contribution is 2.23. The summed E-state index contributed by atoms with van der Waals surface area (Å²) in [6.07, 6.45) is 3.33. The molecule has 0 saturated heterocycles. The van der Waals surface area contributed by atoms with Crippen LogP contribution in [0.5, 0.6) is 0 Å². The van der Waals surface area contributed by atoms with Crippen LogP contribution in [0.25, 0.3) is 0 Å². The van der Waals surface area contributed by atoms with Crippen LogP contribution < -0.4 is 5.32 Å². The van der Waals surface area contributed by atoms with Crippen molar-refractivity contribution in [1.29, 1.82) is 0 Å². The molecule has 2 aromatic carbocycles. The molecule has 27 heavy (non-hydrogen) atoms. The van der Waals surface area contributed by atoms with Gasteiger partial charge in [-0.05, 0) is 74.9 Å². The molecule has 0 saturated carbocycles. The van der Waals surface area contributed by atoms with Crippen molar-refractivity contribution in [3.63, 3.8) is 0 Å². The number of hydrogen-bond donors (Lipinski definition) is 1. The summed E-state index contributed by atoms with van der Waals surface area (Å²) in [5.74, 6) is -1.15. The Morgan fingerprint density at radius 2 is 1.70 bits per heavy atom. The number of carbonyl (C=O) groups excluding carboxylic acids is 3. The van der Waals surface area contributed by atoms with Crippen molar-refractivity contribution in [2.24, 2.45) is 0 Å². The van der Waals surface area contributed by atoms with Crippen LogP contribution in [-0.2, 0) is 22.4 Å². The fourth-order valence-corrected chi connectivity index (χ4v) is 3.28. The minimum absolute atomic E-state index is 0.149. The molecule has 0 bridgehead atoms. The number of Topliss-reactive ketones (excluding diaryl/α,β-unsaturated/α-hetero) is 1. The second-order valence-electron chi connectivity index (χ2n) is 6.83. The summed E-state index contributed by atoms with van der Waals surface area (Å²) < 4.78 is 5.33. The minimum Gasteiger partial charge on any atom is -0.449 e. The van der Waals surface area contributed by atoms with E-state index in [0.29, 0.717) is 16.8 Å². The number of carbonyl (C=O) groups is 3. The Morgan fingerprint density at radius 3 is 2.44 bits per heavy atom. The molecule has 5 heteroatoms. The number of fused-ring (bicyclic) bond motifs is 1. The lowest BCUT2D eigenvalue weighted by molar-refractivity contribution is -0.123. The van der Waals surface area contributed by atoms with Gasteiger partial charge >= 0.3 is 5.97 Å². The monoisotopic (exact) mass is 365 g/mol. The average Bonchev–Trinajstić information content (AvgIpc) is 2.67. The molecule has 1 aliphatic rings. The summed E-state index contributed by atoms with van der Waals surface area (Å²) >= 11 is 0. The molecule has 0 heterocycles. The molecule has 5 nitrogen and oxygen atoms in total. The van der Waals surface area contributed by atoms with Gasteiger partial charge in [0.15, 0.2) is 11.9 Å². The molecule has 3 rings (SSSR count). The number of rotatable bonds is 5. The summed E-state index contributed by atoms with van der Waals surface area (Å²) in [6, 6.07) is 12.3. The number of ether oxygens (including phenoxy) is 1. The molecule has 1 N–H and O–H groups in total. The van der Waals surface area contributed by atoms with E-state index in [9.17, 15) is 14.4 Å². The standard InChI is InChI=1S/C22H23NO4/c1-14(24)19-9-5-6-10-20(19)23-21(25)15(2)27-22(26)18-12-11-16-7-3-4-8-17(16)13-18/h5-6,9-13,15H,3-4,7-8H2,1-2H3,(H,23,25). The first-order valence-electron chi connectivity index (χ1n) is 9.19. The number of amides is 1. The molecule has 1 amide bonds. The molecule has 1 aliphatic carbocycles. The quantitative estimate of drug-likeness (QED) is 0.643. The van der Waals surface area contributed by atoms with Crippen molar-refractivity contribution >= 4 is 23.3 Å². The van der Waals surface area contributed by atoms with Gasteiger partial charge in [-0.3, -0.25) is 9.59 Å². The van der Waals surface area contributed by atoms with Gasteiger partial charge in [0, 0.05) is 5.56 Å². The highest BCUT2D eigenvalue weighted by atomic mass is 16.5. The van der Waals surface area contributed by atoms with E-state index in [1.165, 1.54) is 31.4 Å². The van der Waals surface area contributed by atoms with Crippen LogP contribution in [0.3, 0.4) is 0 Å². The van der Waals surface area contributed by atoms with Gasteiger partial charge in [0.05, 0.1) is 11.3 Å². The third-order valence-corrected chi connectivity index (χ3v) is 4.80. The third kappa shape index (κ3) is 4.42. The van der Waals surface area contributed by atoms with E-state index < -0.39 is 18.0 Å². The van der Waals surface area contributed by atoms with E-state index in [-0.39, 0.29) is 5.78 Å². The maximum atomic E-state index is 12.4. The summed E-state index contributed by atoms with van der Waals surface area (Å²) in [5, 5.41) is 2.66. The molecule has 1 atom stereocenters. The van der Waals surface area contributed by atoms with E-state index in [0.717, 1.165) is 19.3 Å². The van der Waals surface area contributed by atoms with E-state index >= 15 is 0 Å². The maximum absolute atomic E-state index is 12.4. The summed E-state index contributed by atoms with van der Waals surface area (Å²) in [4.78, 5) is 36.5. The Hall–Kier alpha value is -2.95. The topological polar surface area (TPSA) is 72.5 Å². The fraction of sp³-hybridized carbons (Fsp3) is 0.318. The van der Waals surface area contributed by atoms with Gasteiger partial charge in [0.2, 0.25) is 0 Å². The Kier molecular flexibility index (Phi) is 5.69. The first-order chi connectivity index (χ1) is 13.0. The molecule has 1 unspecified atom stereocenters. The van der Waals surface area contributed by atoms with Crippen molar-refractivity contribution in [3.05, 3.63) is 64.7 Å². The van der Waals surface area contributed by atoms with Crippen LogP contribution in [0.2, 0.25) is 0 Å². The van der Waals surface area contributed by atoms with E-state index in [1.807, 2.05) is 12.1 Å². The Labute approximate surface area is 158 Å². The molecule has 0 spiro atoms. The number of esters is 1. The Bertz CT molecular complexity index is 888. The van der Waals surface area contributed by atoms with E-state index in [4.69, 9.17) is 4.74 Å². The number of aryl methyl sites for hydroxylation is 2. The van der Waals surface area contributed by atoms with Crippen molar-refractivity contribution in [2.45, 2.75) is 45.6 Å². The average molecular weight is 365 g/mol.